The van der Waals surface area contributed by atoms with E-state index in [1.165, 1.54) is 6.07 Å². The molecule has 0 aromatic heterocycles. The first-order valence-corrected chi connectivity index (χ1v) is 7.36. The molecule has 1 N–H and O–H groups in total. The fourth-order valence-electron chi connectivity index (χ4n) is 2.17. The highest BCUT2D eigenvalue weighted by molar-refractivity contribution is 5.96. The number of amides is 1. The van der Waals surface area contributed by atoms with Gasteiger partial charge in [-0.3, -0.25) is 4.79 Å². The number of nitrogens with one attached hydrogen (secondary N) is 1. The van der Waals surface area contributed by atoms with Gasteiger partial charge in [0.05, 0.1) is 12.2 Å². The van der Waals surface area contributed by atoms with Crippen LogP contribution in [0.1, 0.15) is 0 Å². The number of hydrogen-bond acceptors (Lipinski definition) is 3. The standard InChI is InChI=1S/C18H18F2N2O2/c1-2-12-22(14-8-4-3-5-9-14)17(23)13-21-15-10-6-7-11-16(15)24-18(19)20/h2-11,18,21H,1,12-13H2. The summed E-state index contributed by atoms with van der Waals surface area (Å²) in [5.74, 6) is -0.219. The van der Waals surface area contributed by atoms with Crippen LogP contribution in [0, 0.1) is 0 Å². The monoisotopic (exact) mass is 332 g/mol. The molecule has 2 aromatic carbocycles. The Morgan fingerprint density at radius 3 is 2.50 bits per heavy atom. The van der Waals surface area contributed by atoms with Crippen LogP contribution in [0.3, 0.4) is 0 Å². The van der Waals surface area contributed by atoms with Crippen molar-refractivity contribution in [3.8, 4) is 5.75 Å². The Morgan fingerprint density at radius 1 is 1.17 bits per heavy atom. The molecule has 126 valence electrons. The van der Waals surface area contributed by atoms with Crippen LogP contribution in [-0.2, 0) is 4.79 Å². The van der Waals surface area contributed by atoms with E-state index in [0.717, 1.165) is 5.69 Å². The Balaban J connectivity index is 2.07. The number of nitrogens with zero attached hydrogens (tertiary/aromatic N) is 1. The summed E-state index contributed by atoms with van der Waals surface area (Å²) in [4.78, 5) is 14.0. The number of carbonyl (C=O) groups is 1. The smallest absolute Gasteiger partial charge is 0.387 e. The molecule has 0 saturated heterocycles. The van der Waals surface area contributed by atoms with Gasteiger partial charge in [0.25, 0.3) is 0 Å². The van der Waals surface area contributed by atoms with E-state index < -0.39 is 6.61 Å². The molecule has 0 atom stereocenters. The molecule has 0 aliphatic carbocycles. The first-order valence-electron chi connectivity index (χ1n) is 7.36. The Labute approximate surface area is 139 Å². The van der Waals surface area contributed by atoms with E-state index in [0.29, 0.717) is 12.2 Å². The van der Waals surface area contributed by atoms with Crippen molar-refractivity contribution in [2.24, 2.45) is 0 Å². The molecule has 24 heavy (non-hydrogen) atoms. The van der Waals surface area contributed by atoms with Crippen molar-refractivity contribution in [2.75, 3.05) is 23.3 Å². The molecule has 2 aromatic rings. The summed E-state index contributed by atoms with van der Waals surface area (Å²) in [6.07, 6.45) is 1.62. The number of halogens is 2. The molecule has 1 amide bonds. The number of anilines is 2. The lowest BCUT2D eigenvalue weighted by Crippen LogP contribution is -2.35. The molecular weight excluding hydrogens is 314 g/mol. The van der Waals surface area contributed by atoms with Crippen LogP contribution in [-0.4, -0.2) is 25.6 Å². The Kier molecular flexibility index (Phi) is 6.31. The summed E-state index contributed by atoms with van der Waals surface area (Å²) < 4.78 is 29.3. The number of benzene rings is 2. The third-order valence-electron chi connectivity index (χ3n) is 3.21. The molecule has 0 radical (unpaired) electrons. The fraction of sp³-hybridized carbons (Fsp3) is 0.167. The second kappa shape index (κ2) is 8.67. The molecule has 0 aliphatic heterocycles. The average Bonchev–Trinajstić information content (AvgIpc) is 2.59. The van der Waals surface area contributed by atoms with Crippen LogP contribution in [0.2, 0.25) is 0 Å². The Morgan fingerprint density at radius 2 is 1.83 bits per heavy atom. The lowest BCUT2D eigenvalue weighted by Gasteiger charge is -2.22. The van der Waals surface area contributed by atoms with E-state index in [4.69, 9.17) is 0 Å². The third-order valence-corrected chi connectivity index (χ3v) is 3.21. The van der Waals surface area contributed by atoms with E-state index in [1.54, 1.807) is 29.2 Å². The first-order chi connectivity index (χ1) is 11.6. The maximum absolute atomic E-state index is 12.5. The van der Waals surface area contributed by atoms with Gasteiger partial charge in [-0.05, 0) is 24.3 Å². The largest absolute Gasteiger partial charge is 0.433 e. The highest BCUT2D eigenvalue weighted by Gasteiger charge is 2.15. The number of ether oxygens (including phenoxy) is 1. The van der Waals surface area contributed by atoms with Gasteiger partial charge >= 0.3 is 6.61 Å². The molecule has 4 nitrogen and oxygen atoms in total. The number of hydrogen-bond donors (Lipinski definition) is 1. The van der Waals surface area contributed by atoms with Crippen LogP contribution >= 0.6 is 0 Å². The summed E-state index contributed by atoms with van der Waals surface area (Å²) in [5, 5.41) is 2.84. The highest BCUT2D eigenvalue weighted by Crippen LogP contribution is 2.25. The predicted octanol–water partition coefficient (Wildman–Crippen LogP) is 3.92. The highest BCUT2D eigenvalue weighted by atomic mass is 19.3. The maximum Gasteiger partial charge on any atom is 0.387 e. The van der Waals surface area contributed by atoms with Crippen molar-refractivity contribution in [3.05, 3.63) is 67.3 Å². The molecule has 0 heterocycles. The van der Waals surface area contributed by atoms with Crippen molar-refractivity contribution >= 4 is 17.3 Å². The molecule has 0 fully saturated rings. The number of para-hydroxylation sites is 3. The van der Waals surface area contributed by atoms with E-state index in [1.807, 2.05) is 30.3 Å². The topological polar surface area (TPSA) is 41.6 Å². The zero-order valence-corrected chi connectivity index (χ0v) is 13.0. The average molecular weight is 332 g/mol. The summed E-state index contributed by atoms with van der Waals surface area (Å²) in [5.41, 5.74) is 1.07. The lowest BCUT2D eigenvalue weighted by atomic mass is 10.2. The summed E-state index contributed by atoms with van der Waals surface area (Å²) in [6.45, 7) is 1.01. The molecule has 0 saturated carbocycles. The SMILES string of the molecule is C=CCN(C(=O)CNc1ccccc1OC(F)F)c1ccccc1. The van der Waals surface area contributed by atoms with Crippen LogP contribution in [0.25, 0.3) is 0 Å². The second-order valence-electron chi connectivity index (χ2n) is 4.86. The van der Waals surface area contributed by atoms with Crippen LogP contribution in [0.5, 0.6) is 5.75 Å². The minimum atomic E-state index is -2.93. The summed E-state index contributed by atoms with van der Waals surface area (Å²) in [7, 11) is 0. The summed E-state index contributed by atoms with van der Waals surface area (Å²) >= 11 is 0. The van der Waals surface area contributed by atoms with Crippen molar-refractivity contribution in [1.82, 2.24) is 0 Å². The molecule has 0 spiro atoms. The van der Waals surface area contributed by atoms with Gasteiger partial charge < -0.3 is 15.0 Å². The Bertz CT molecular complexity index is 678. The Hall–Kier alpha value is -2.89. The van der Waals surface area contributed by atoms with Gasteiger partial charge in [0, 0.05) is 12.2 Å². The van der Waals surface area contributed by atoms with Gasteiger partial charge in [0.15, 0.2) is 0 Å². The number of rotatable bonds is 8. The zero-order valence-electron chi connectivity index (χ0n) is 13.0. The number of alkyl halides is 2. The maximum atomic E-state index is 12.5. The molecule has 0 unspecified atom stereocenters. The molecule has 0 aliphatic rings. The van der Waals surface area contributed by atoms with E-state index in [9.17, 15) is 13.6 Å². The first kappa shape index (κ1) is 17.5. The van der Waals surface area contributed by atoms with Gasteiger partial charge in [-0.15, -0.1) is 6.58 Å². The molecular formula is C18H18F2N2O2. The van der Waals surface area contributed by atoms with Gasteiger partial charge in [0.2, 0.25) is 5.91 Å². The van der Waals surface area contributed by atoms with Crippen LogP contribution in [0.4, 0.5) is 20.2 Å². The van der Waals surface area contributed by atoms with Gasteiger partial charge in [0.1, 0.15) is 5.75 Å². The quantitative estimate of drug-likeness (QED) is 0.745. The third kappa shape index (κ3) is 4.81. The molecule has 2 rings (SSSR count). The fourth-order valence-corrected chi connectivity index (χ4v) is 2.17. The minimum absolute atomic E-state index is 0.00437. The molecule has 6 heteroatoms. The zero-order chi connectivity index (χ0) is 17.4. The van der Waals surface area contributed by atoms with E-state index in [-0.39, 0.29) is 18.2 Å². The van der Waals surface area contributed by atoms with E-state index >= 15 is 0 Å². The van der Waals surface area contributed by atoms with Crippen molar-refractivity contribution in [1.29, 1.82) is 0 Å². The van der Waals surface area contributed by atoms with Gasteiger partial charge in [-0.1, -0.05) is 36.4 Å². The van der Waals surface area contributed by atoms with Gasteiger partial charge in [-0.25, -0.2) is 0 Å². The van der Waals surface area contributed by atoms with E-state index in [2.05, 4.69) is 16.6 Å². The van der Waals surface area contributed by atoms with Crippen molar-refractivity contribution < 1.29 is 18.3 Å². The predicted molar refractivity (Wildman–Crippen MR) is 90.6 cm³/mol. The van der Waals surface area contributed by atoms with Crippen molar-refractivity contribution in [3.63, 3.8) is 0 Å². The number of carbonyl (C=O) groups excluding carboxylic acids is 1. The van der Waals surface area contributed by atoms with Crippen molar-refractivity contribution in [2.45, 2.75) is 6.61 Å². The second-order valence-corrected chi connectivity index (χ2v) is 4.86. The normalized spacial score (nSPS) is 10.3. The van der Waals surface area contributed by atoms with Gasteiger partial charge in [-0.2, -0.15) is 8.78 Å². The van der Waals surface area contributed by atoms with Crippen LogP contribution in [0.15, 0.2) is 67.3 Å². The minimum Gasteiger partial charge on any atom is -0.433 e. The summed E-state index contributed by atoms with van der Waals surface area (Å²) in [6, 6.07) is 15.4. The van der Waals surface area contributed by atoms with Crippen LogP contribution < -0.4 is 15.0 Å². The lowest BCUT2D eigenvalue weighted by molar-refractivity contribution is -0.116. The molecule has 0 bridgehead atoms.